The van der Waals surface area contributed by atoms with Crippen molar-refractivity contribution < 1.29 is 4.79 Å². The fourth-order valence-corrected chi connectivity index (χ4v) is 2.05. The molecule has 1 aromatic heterocycles. The average molecular weight is 275 g/mol. The van der Waals surface area contributed by atoms with Gasteiger partial charge in [-0.3, -0.25) is 14.7 Å². The quantitative estimate of drug-likeness (QED) is 0.786. The topological polar surface area (TPSA) is 33.2 Å². The number of carbonyl (C=O) groups excluding carboxylic acids is 1. The lowest BCUT2D eigenvalue weighted by molar-refractivity contribution is 0.0943. The molecule has 0 atom stereocenters. The van der Waals surface area contributed by atoms with E-state index in [1.807, 2.05) is 24.1 Å². The van der Waals surface area contributed by atoms with Crippen LogP contribution in [0.5, 0.6) is 0 Å². The molecule has 0 aliphatic heterocycles. The van der Waals surface area contributed by atoms with Gasteiger partial charge < -0.3 is 0 Å². The molecule has 0 unspecified atom stereocenters. The first-order chi connectivity index (χ1) is 9.15. The summed E-state index contributed by atoms with van der Waals surface area (Å²) >= 11 is 5.88. The highest BCUT2D eigenvalue weighted by molar-refractivity contribution is 6.31. The van der Waals surface area contributed by atoms with E-state index >= 15 is 0 Å². The summed E-state index contributed by atoms with van der Waals surface area (Å²) in [5.74, 6) is 0.0638. The number of aromatic nitrogens is 1. The fraction of sp³-hybridized carbons (Fsp3) is 0.200. The van der Waals surface area contributed by atoms with Gasteiger partial charge in [0.1, 0.15) is 0 Å². The van der Waals surface area contributed by atoms with Crippen molar-refractivity contribution in [1.82, 2.24) is 9.88 Å². The Morgan fingerprint density at radius 1 is 1.32 bits per heavy atom. The van der Waals surface area contributed by atoms with Crippen LogP contribution < -0.4 is 0 Å². The predicted molar refractivity (Wildman–Crippen MR) is 76.4 cm³/mol. The van der Waals surface area contributed by atoms with Crippen molar-refractivity contribution in [2.75, 3.05) is 13.6 Å². The van der Waals surface area contributed by atoms with Gasteiger partial charge in [-0.1, -0.05) is 29.8 Å². The lowest BCUT2D eigenvalue weighted by Crippen LogP contribution is -2.25. The molecule has 0 aliphatic rings. The molecule has 0 amide bonds. The van der Waals surface area contributed by atoms with Crippen LogP contribution in [0.25, 0.3) is 0 Å². The number of hydrogen-bond donors (Lipinski definition) is 0. The number of halogens is 1. The minimum absolute atomic E-state index is 0.0638. The maximum atomic E-state index is 12.1. The maximum absolute atomic E-state index is 12.1. The number of likely N-dealkylation sites (N-methyl/N-ethyl adjacent to an activating group) is 1. The van der Waals surface area contributed by atoms with Crippen LogP contribution >= 0.6 is 11.6 Å². The van der Waals surface area contributed by atoms with Gasteiger partial charge in [-0.2, -0.15) is 0 Å². The Morgan fingerprint density at radius 3 is 2.84 bits per heavy atom. The second-order valence-electron chi connectivity index (χ2n) is 4.47. The molecule has 1 heterocycles. The van der Waals surface area contributed by atoms with Crippen LogP contribution in [0, 0.1) is 0 Å². The number of hydrogen-bond acceptors (Lipinski definition) is 3. The van der Waals surface area contributed by atoms with Crippen LogP contribution in [0.4, 0.5) is 0 Å². The molecule has 3 nitrogen and oxygen atoms in total. The molecule has 4 heteroatoms. The van der Waals surface area contributed by atoms with E-state index in [2.05, 4.69) is 4.98 Å². The molecule has 0 radical (unpaired) electrons. The monoisotopic (exact) mass is 274 g/mol. The van der Waals surface area contributed by atoms with E-state index in [0.29, 0.717) is 23.7 Å². The van der Waals surface area contributed by atoms with Crippen LogP contribution in [0.3, 0.4) is 0 Å². The molecule has 2 rings (SSSR count). The maximum Gasteiger partial charge on any atom is 0.176 e. The molecule has 0 bridgehead atoms. The Bertz CT molecular complexity index is 557. The van der Waals surface area contributed by atoms with Crippen molar-refractivity contribution >= 4 is 17.4 Å². The van der Waals surface area contributed by atoms with Crippen molar-refractivity contribution in [3.8, 4) is 0 Å². The van der Waals surface area contributed by atoms with E-state index in [4.69, 9.17) is 11.6 Å². The second kappa shape index (κ2) is 6.45. The molecule has 0 saturated carbocycles. The van der Waals surface area contributed by atoms with Crippen molar-refractivity contribution in [1.29, 1.82) is 0 Å². The van der Waals surface area contributed by atoms with Gasteiger partial charge in [0, 0.05) is 29.5 Å². The number of nitrogens with zero attached hydrogens (tertiary/aromatic N) is 2. The van der Waals surface area contributed by atoms with E-state index in [1.165, 1.54) is 0 Å². The zero-order chi connectivity index (χ0) is 13.7. The highest BCUT2D eigenvalue weighted by Crippen LogP contribution is 2.12. The highest BCUT2D eigenvalue weighted by atomic mass is 35.5. The fourth-order valence-electron chi connectivity index (χ4n) is 1.86. The summed E-state index contributed by atoms with van der Waals surface area (Å²) in [4.78, 5) is 18.1. The lowest BCUT2D eigenvalue weighted by atomic mass is 10.1. The highest BCUT2D eigenvalue weighted by Gasteiger charge is 2.10. The SMILES string of the molecule is CN(CC(=O)c1cccc(Cl)c1)Cc1cccnc1. The Labute approximate surface area is 117 Å². The summed E-state index contributed by atoms with van der Waals surface area (Å²) in [5, 5.41) is 0.584. The minimum atomic E-state index is 0.0638. The number of benzene rings is 1. The lowest BCUT2D eigenvalue weighted by Gasteiger charge is -2.15. The molecule has 0 saturated heterocycles. The second-order valence-corrected chi connectivity index (χ2v) is 4.90. The van der Waals surface area contributed by atoms with Gasteiger partial charge >= 0.3 is 0 Å². The number of Topliss-reactive ketones (excluding diaryl/α,β-unsaturated/α-hetero) is 1. The van der Waals surface area contributed by atoms with Crippen molar-refractivity contribution in [3.63, 3.8) is 0 Å². The van der Waals surface area contributed by atoms with Crippen molar-refractivity contribution in [3.05, 3.63) is 64.9 Å². The predicted octanol–water partition coefficient (Wildman–Crippen LogP) is 3.05. The third-order valence-corrected chi connectivity index (χ3v) is 2.97. The zero-order valence-corrected chi connectivity index (χ0v) is 11.5. The van der Waals surface area contributed by atoms with E-state index in [0.717, 1.165) is 5.56 Å². The zero-order valence-electron chi connectivity index (χ0n) is 10.7. The number of carbonyl (C=O) groups is 1. The Hall–Kier alpha value is -1.71. The molecule has 19 heavy (non-hydrogen) atoms. The van der Waals surface area contributed by atoms with Gasteiger partial charge in [0.15, 0.2) is 5.78 Å². The number of pyridine rings is 1. The Morgan fingerprint density at radius 2 is 2.16 bits per heavy atom. The average Bonchev–Trinajstić information content (AvgIpc) is 2.39. The smallest absolute Gasteiger partial charge is 0.176 e. The molecular weight excluding hydrogens is 260 g/mol. The summed E-state index contributed by atoms with van der Waals surface area (Å²) in [6.45, 7) is 1.05. The first-order valence-electron chi connectivity index (χ1n) is 6.01. The van der Waals surface area contributed by atoms with Gasteiger partial charge in [0.2, 0.25) is 0 Å². The van der Waals surface area contributed by atoms with Crippen molar-refractivity contribution in [2.45, 2.75) is 6.54 Å². The first kappa shape index (κ1) is 13.7. The van der Waals surface area contributed by atoms with Crippen LogP contribution in [0.1, 0.15) is 15.9 Å². The van der Waals surface area contributed by atoms with Gasteiger partial charge in [-0.25, -0.2) is 0 Å². The van der Waals surface area contributed by atoms with Gasteiger partial charge in [-0.05, 0) is 30.8 Å². The molecule has 1 aromatic carbocycles. The van der Waals surface area contributed by atoms with Crippen molar-refractivity contribution in [2.24, 2.45) is 0 Å². The largest absolute Gasteiger partial charge is 0.295 e. The van der Waals surface area contributed by atoms with E-state index in [9.17, 15) is 4.79 Å². The standard InChI is InChI=1S/C15H15ClN2O/c1-18(10-12-4-3-7-17-9-12)11-15(19)13-5-2-6-14(16)8-13/h2-9H,10-11H2,1H3. The number of ketones is 1. The third kappa shape index (κ3) is 4.16. The molecule has 0 aliphatic carbocycles. The summed E-state index contributed by atoms with van der Waals surface area (Å²) in [6.07, 6.45) is 3.54. The molecule has 98 valence electrons. The van der Waals surface area contributed by atoms with E-state index in [1.54, 1.807) is 36.7 Å². The van der Waals surface area contributed by atoms with Gasteiger partial charge in [-0.15, -0.1) is 0 Å². The molecule has 0 spiro atoms. The summed E-state index contributed by atoms with van der Waals surface area (Å²) in [6, 6.07) is 10.9. The van der Waals surface area contributed by atoms with E-state index in [-0.39, 0.29) is 5.78 Å². The molecule has 2 aromatic rings. The first-order valence-corrected chi connectivity index (χ1v) is 6.39. The minimum Gasteiger partial charge on any atom is -0.295 e. The summed E-state index contributed by atoms with van der Waals surface area (Å²) in [7, 11) is 1.91. The molecular formula is C15H15ClN2O. The Balaban J connectivity index is 1.95. The Kier molecular flexibility index (Phi) is 4.66. The van der Waals surface area contributed by atoms with Gasteiger partial charge in [0.05, 0.1) is 6.54 Å². The van der Waals surface area contributed by atoms with E-state index < -0.39 is 0 Å². The molecule has 0 N–H and O–H groups in total. The summed E-state index contributed by atoms with van der Waals surface area (Å²) in [5.41, 5.74) is 1.73. The number of rotatable bonds is 5. The normalized spacial score (nSPS) is 10.7. The summed E-state index contributed by atoms with van der Waals surface area (Å²) < 4.78 is 0. The van der Waals surface area contributed by atoms with Gasteiger partial charge in [0.25, 0.3) is 0 Å². The third-order valence-electron chi connectivity index (χ3n) is 2.74. The van der Waals surface area contributed by atoms with Crippen LogP contribution in [-0.4, -0.2) is 29.3 Å². The van der Waals surface area contributed by atoms with Crippen LogP contribution in [0.2, 0.25) is 5.02 Å². The van der Waals surface area contributed by atoms with Crippen LogP contribution in [-0.2, 0) is 6.54 Å². The molecule has 0 fully saturated rings. The van der Waals surface area contributed by atoms with Crippen LogP contribution in [0.15, 0.2) is 48.8 Å².